The van der Waals surface area contributed by atoms with Crippen LogP contribution in [0.2, 0.25) is 0 Å². The van der Waals surface area contributed by atoms with Gasteiger partial charge in [0.25, 0.3) is 0 Å². The Morgan fingerprint density at radius 2 is 1.95 bits per heavy atom. The molecule has 0 aromatic carbocycles. The quantitative estimate of drug-likeness (QED) is 0.216. The van der Waals surface area contributed by atoms with Gasteiger partial charge in [-0.15, -0.1) is 11.3 Å². The summed E-state index contributed by atoms with van der Waals surface area (Å²) in [5.41, 5.74) is 0.520. The molecule has 1 saturated heterocycles. The first-order valence-electron chi connectivity index (χ1n) is 14.7. The molecule has 2 aliphatic rings. The summed E-state index contributed by atoms with van der Waals surface area (Å²) < 4.78 is 11.8. The number of carboxylic acid groups (broad SMARTS) is 1. The molecule has 42 heavy (non-hydrogen) atoms. The van der Waals surface area contributed by atoms with Crippen molar-refractivity contribution in [3.05, 3.63) is 46.4 Å². The van der Waals surface area contributed by atoms with Crippen LogP contribution < -0.4 is 15.4 Å². The SMILES string of the molecule is CC(C)(CO)C(O)C(=O)NCCC(=O)O.COc1ccsc1CNCC[C@@]1(c2ccccn2)CCOC2(CCCC2)C1. The van der Waals surface area contributed by atoms with Crippen LogP contribution in [0.1, 0.15) is 75.8 Å². The van der Waals surface area contributed by atoms with Crippen molar-refractivity contribution in [2.24, 2.45) is 5.41 Å². The molecule has 1 aliphatic carbocycles. The van der Waals surface area contributed by atoms with Gasteiger partial charge in [-0.3, -0.25) is 14.6 Å². The van der Waals surface area contributed by atoms with Crippen LogP contribution in [0, 0.1) is 5.41 Å². The fraction of sp³-hybridized carbons (Fsp3) is 0.645. The fourth-order valence-corrected chi connectivity index (χ4v) is 6.60. The molecule has 1 unspecified atom stereocenters. The Morgan fingerprint density at radius 1 is 1.19 bits per heavy atom. The van der Waals surface area contributed by atoms with Gasteiger partial charge in [-0.1, -0.05) is 32.8 Å². The van der Waals surface area contributed by atoms with E-state index in [9.17, 15) is 14.7 Å². The van der Waals surface area contributed by atoms with Gasteiger partial charge in [0.15, 0.2) is 0 Å². The number of carboxylic acids is 1. The van der Waals surface area contributed by atoms with E-state index in [1.165, 1.54) is 50.1 Å². The van der Waals surface area contributed by atoms with Crippen molar-refractivity contribution in [1.29, 1.82) is 0 Å². The first-order chi connectivity index (χ1) is 20.1. The number of pyridine rings is 1. The van der Waals surface area contributed by atoms with Crippen LogP contribution >= 0.6 is 11.3 Å². The average Bonchev–Trinajstić information content (AvgIpc) is 3.64. The molecular weight excluding hydrogens is 558 g/mol. The van der Waals surface area contributed by atoms with E-state index in [4.69, 9.17) is 24.7 Å². The van der Waals surface area contributed by atoms with Crippen molar-refractivity contribution in [1.82, 2.24) is 15.6 Å². The van der Waals surface area contributed by atoms with Gasteiger partial charge in [0.05, 0.1) is 30.6 Å². The Labute approximate surface area is 252 Å². The van der Waals surface area contributed by atoms with Gasteiger partial charge in [-0.2, -0.15) is 0 Å². The number of thiophene rings is 1. The third-order valence-corrected chi connectivity index (χ3v) is 9.30. The van der Waals surface area contributed by atoms with E-state index < -0.39 is 23.4 Å². The summed E-state index contributed by atoms with van der Waals surface area (Å²) in [6.07, 6.45) is 8.69. The highest BCUT2D eigenvalue weighted by Crippen LogP contribution is 2.49. The topological polar surface area (TPSA) is 150 Å². The van der Waals surface area contributed by atoms with Crippen LogP contribution in [-0.2, 0) is 26.3 Å². The summed E-state index contributed by atoms with van der Waals surface area (Å²) in [6, 6.07) is 8.41. The van der Waals surface area contributed by atoms with Gasteiger partial charge in [0, 0.05) is 42.4 Å². The molecule has 2 fully saturated rings. The Balaban J connectivity index is 0.000000277. The number of carbonyl (C=O) groups is 2. The summed E-state index contributed by atoms with van der Waals surface area (Å²) in [5.74, 6) is -0.704. The van der Waals surface area contributed by atoms with Crippen molar-refractivity contribution >= 4 is 23.2 Å². The lowest BCUT2D eigenvalue weighted by molar-refractivity contribution is -0.138. The lowest BCUT2D eigenvalue weighted by atomic mass is 9.68. The third kappa shape index (κ3) is 9.21. The Hall–Kier alpha value is -2.57. The van der Waals surface area contributed by atoms with Gasteiger partial charge < -0.3 is 35.4 Å². The molecule has 10 nitrogen and oxygen atoms in total. The number of hydrogen-bond donors (Lipinski definition) is 5. The molecule has 2 atom stereocenters. The molecule has 1 aliphatic heterocycles. The normalized spacial score (nSPS) is 20.4. The maximum absolute atomic E-state index is 11.3. The van der Waals surface area contributed by atoms with Gasteiger partial charge in [-0.25, -0.2) is 0 Å². The van der Waals surface area contributed by atoms with Crippen LogP contribution in [-0.4, -0.2) is 77.3 Å². The average molecular weight is 606 g/mol. The number of methoxy groups -OCH3 is 1. The van der Waals surface area contributed by atoms with Crippen LogP contribution in [0.4, 0.5) is 0 Å². The van der Waals surface area contributed by atoms with Gasteiger partial charge >= 0.3 is 5.97 Å². The van der Waals surface area contributed by atoms with Gasteiger partial charge in [0.2, 0.25) is 5.91 Å². The molecule has 2 aromatic rings. The molecule has 2 aromatic heterocycles. The molecule has 3 heterocycles. The number of aliphatic carboxylic acids is 1. The first-order valence-corrected chi connectivity index (χ1v) is 15.6. The second kappa shape index (κ2) is 15.8. The third-order valence-electron chi connectivity index (χ3n) is 8.40. The highest BCUT2D eigenvalue weighted by molar-refractivity contribution is 7.10. The first kappa shape index (κ1) is 33.9. The van der Waals surface area contributed by atoms with E-state index in [0.29, 0.717) is 0 Å². The Bertz CT molecular complexity index is 1120. The molecule has 11 heteroatoms. The molecule has 1 saturated carbocycles. The number of nitrogens with zero attached hydrogens (tertiary/aromatic N) is 1. The maximum atomic E-state index is 11.3. The van der Waals surface area contributed by atoms with Crippen LogP contribution in [0.15, 0.2) is 35.8 Å². The lowest BCUT2D eigenvalue weighted by Gasteiger charge is -2.46. The van der Waals surface area contributed by atoms with E-state index in [2.05, 4.69) is 28.1 Å². The standard InChI is InChI=1S/C22H30N2O2S.C9H17NO5/c1-25-18-7-15-27-19(18)16-23-13-10-21(20-6-2-5-12-24-20)11-14-26-22(17-21)8-3-4-9-22;1-9(2,5-11)7(14)8(15)10-4-3-6(12)13/h2,5-7,12,15,23H,3-4,8-11,13-14,16-17H2,1H3;7,11,14H,3-5H2,1-2H3,(H,10,15)(H,12,13)/t21-;/m1./s1. The second-order valence-corrected chi connectivity index (χ2v) is 13.0. The largest absolute Gasteiger partial charge is 0.496 e. The molecule has 1 amide bonds. The highest BCUT2D eigenvalue weighted by Gasteiger charge is 2.48. The number of nitrogens with one attached hydrogen (secondary N) is 2. The van der Waals surface area contributed by atoms with Crippen LogP contribution in [0.5, 0.6) is 5.75 Å². The number of ether oxygens (including phenoxy) is 2. The van der Waals surface area contributed by atoms with E-state index in [-0.39, 0.29) is 30.6 Å². The van der Waals surface area contributed by atoms with E-state index in [0.717, 1.165) is 44.7 Å². The lowest BCUT2D eigenvalue weighted by Crippen LogP contribution is -2.47. The van der Waals surface area contributed by atoms with Gasteiger partial charge in [0.1, 0.15) is 11.9 Å². The van der Waals surface area contributed by atoms with Crippen LogP contribution in [0.3, 0.4) is 0 Å². The van der Waals surface area contributed by atoms with Crippen molar-refractivity contribution in [2.75, 3.05) is 33.4 Å². The van der Waals surface area contributed by atoms with Crippen molar-refractivity contribution in [3.8, 4) is 5.75 Å². The Kier molecular flexibility index (Phi) is 12.7. The number of rotatable bonds is 13. The molecular formula is C31H47N3O7S. The summed E-state index contributed by atoms with van der Waals surface area (Å²) in [6.45, 7) is 5.40. The minimum Gasteiger partial charge on any atom is -0.496 e. The van der Waals surface area contributed by atoms with E-state index in [1.54, 1.807) is 18.4 Å². The zero-order valence-electron chi connectivity index (χ0n) is 25.1. The summed E-state index contributed by atoms with van der Waals surface area (Å²) >= 11 is 1.75. The van der Waals surface area contributed by atoms with E-state index in [1.807, 2.05) is 18.3 Å². The minimum atomic E-state index is -1.35. The zero-order chi connectivity index (χ0) is 30.6. The molecule has 5 N–H and O–H groups in total. The molecule has 234 valence electrons. The number of amides is 1. The number of aliphatic hydroxyl groups is 2. The Morgan fingerprint density at radius 3 is 2.60 bits per heavy atom. The summed E-state index contributed by atoms with van der Waals surface area (Å²) in [4.78, 5) is 27.5. The second-order valence-electron chi connectivity index (χ2n) is 12.0. The van der Waals surface area contributed by atoms with Crippen molar-refractivity contribution in [2.45, 2.75) is 88.9 Å². The zero-order valence-corrected chi connectivity index (χ0v) is 25.9. The van der Waals surface area contributed by atoms with Gasteiger partial charge in [-0.05, 0) is 62.2 Å². The number of carbonyl (C=O) groups excluding carboxylic acids is 1. The molecule has 0 radical (unpaired) electrons. The monoisotopic (exact) mass is 605 g/mol. The maximum Gasteiger partial charge on any atom is 0.305 e. The van der Waals surface area contributed by atoms with Crippen LogP contribution in [0.25, 0.3) is 0 Å². The predicted molar refractivity (Wildman–Crippen MR) is 162 cm³/mol. The number of aromatic nitrogens is 1. The number of hydrogen-bond acceptors (Lipinski definition) is 9. The number of aliphatic hydroxyl groups excluding tert-OH is 2. The summed E-state index contributed by atoms with van der Waals surface area (Å²) in [5, 5.41) is 34.7. The molecule has 4 rings (SSSR count). The molecule has 0 bridgehead atoms. The van der Waals surface area contributed by atoms with Crippen molar-refractivity contribution < 1.29 is 34.4 Å². The highest BCUT2D eigenvalue weighted by atomic mass is 32.1. The minimum absolute atomic E-state index is 0.0350. The van der Waals surface area contributed by atoms with Crippen molar-refractivity contribution in [3.63, 3.8) is 0 Å². The smallest absolute Gasteiger partial charge is 0.305 e. The fourth-order valence-electron chi connectivity index (χ4n) is 5.80. The predicted octanol–water partition coefficient (Wildman–Crippen LogP) is 3.65. The summed E-state index contributed by atoms with van der Waals surface area (Å²) in [7, 11) is 1.74. The van der Waals surface area contributed by atoms with E-state index >= 15 is 0 Å². The molecule has 1 spiro atoms.